The van der Waals surface area contributed by atoms with E-state index in [0.717, 1.165) is 0 Å². The molecule has 0 aliphatic heterocycles. The van der Waals surface area contributed by atoms with Crippen molar-refractivity contribution in [3.8, 4) is 0 Å². The zero-order valence-electron chi connectivity index (χ0n) is 10.6. The van der Waals surface area contributed by atoms with Crippen LogP contribution in [-0.2, 0) is 6.54 Å². The van der Waals surface area contributed by atoms with Crippen LogP contribution >= 0.6 is 15.9 Å². The standard InChI is InChI=1S/C13H10BrN3O4/c14-9-5-11(13(18)19)12(16-7-9)15-6-8-2-1-3-10(4-8)17(20)21/h1-5,7H,6H2,(H,15,16)(H,18,19). The molecule has 0 fully saturated rings. The second-order valence-electron chi connectivity index (χ2n) is 4.14. The molecule has 0 atom stereocenters. The SMILES string of the molecule is O=C(O)c1cc(Br)cnc1NCc1cccc([N+](=O)[O-])c1. The molecule has 0 saturated heterocycles. The van der Waals surface area contributed by atoms with E-state index in [9.17, 15) is 14.9 Å². The number of carboxylic acid groups (broad SMARTS) is 1. The van der Waals surface area contributed by atoms with Crippen molar-refractivity contribution in [2.24, 2.45) is 0 Å². The first-order valence-electron chi connectivity index (χ1n) is 5.83. The molecule has 108 valence electrons. The number of nitrogens with one attached hydrogen (secondary N) is 1. The molecule has 0 spiro atoms. The fourth-order valence-corrected chi connectivity index (χ4v) is 2.04. The summed E-state index contributed by atoms with van der Waals surface area (Å²) in [5, 5.41) is 22.7. The van der Waals surface area contributed by atoms with E-state index in [1.165, 1.54) is 24.4 Å². The van der Waals surface area contributed by atoms with Crippen LogP contribution in [-0.4, -0.2) is 21.0 Å². The van der Waals surface area contributed by atoms with Crippen LogP contribution < -0.4 is 5.32 Å². The molecule has 1 aromatic heterocycles. The van der Waals surface area contributed by atoms with Gasteiger partial charge in [0, 0.05) is 29.3 Å². The number of carbonyl (C=O) groups is 1. The van der Waals surface area contributed by atoms with Gasteiger partial charge in [-0.1, -0.05) is 12.1 Å². The number of carboxylic acids is 1. The highest BCUT2D eigenvalue weighted by molar-refractivity contribution is 9.10. The Hall–Kier alpha value is -2.48. The average molecular weight is 352 g/mol. The number of halogens is 1. The van der Waals surface area contributed by atoms with Crippen molar-refractivity contribution in [3.05, 3.63) is 62.2 Å². The highest BCUT2D eigenvalue weighted by Crippen LogP contribution is 2.19. The van der Waals surface area contributed by atoms with Crippen molar-refractivity contribution in [1.29, 1.82) is 0 Å². The molecular weight excluding hydrogens is 342 g/mol. The first-order valence-corrected chi connectivity index (χ1v) is 6.62. The topological polar surface area (TPSA) is 105 Å². The molecule has 0 aliphatic rings. The largest absolute Gasteiger partial charge is 0.478 e. The maximum atomic E-state index is 11.1. The molecule has 2 aromatic rings. The minimum Gasteiger partial charge on any atom is -0.478 e. The van der Waals surface area contributed by atoms with E-state index >= 15 is 0 Å². The first-order chi connectivity index (χ1) is 9.97. The normalized spacial score (nSPS) is 10.1. The molecule has 2 N–H and O–H groups in total. The van der Waals surface area contributed by atoms with Gasteiger partial charge in [-0.2, -0.15) is 0 Å². The molecule has 0 bridgehead atoms. The fraction of sp³-hybridized carbons (Fsp3) is 0.0769. The maximum Gasteiger partial charge on any atom is 0.339 e. The number of non-ortho nitro benzene ring substituents is 1. The molecule has 0 amide bonds. The lowest BCUT2D eigenvalue weighted by molar-refractivity contribution is -0.384. The minimum atomic E-state index is -1.11. The van der Waals surface area contributed by atoms with Gasteiger partial charge in [0.25, 0.3) is 5.69 Å². The number of pyridine rings is 1. The molecule has 21 heavy (non-hydrogen) atoms. The zero-order valence-corrected chi connectivity index (χ0v) is 12.2. The Morgan fingerprint density at radius 1 is 1.43 bits per heavy atom. The smallest absolute Gasteiger partial charge is 0.339 e. The number of nitrogens with zero attached hydrogens (tertiary/aromatic N) is 2. The molecule has 1 aromatic carbocycles. The van der Waals surface area contributed by atoms with Crippen molar-refractivity contribution in [2.75, 3.05) is 5.32 Å². The summed E-state index contributed by atoms with van der Waals surface area (Å²) in [5.74, 6) is -0.900. The maximum absolute atomic E-state index is 11.1. The van der Waals surface area contributed by atoms with E-state index in [1.807, 2.05) is 0 Å². The summed E-state index contributed by atoms with van der Waals surface area (Å²) in [6.45, 7) is 0.233. The number of hydrogen-bond acceptors (Lipinski definition) is 5. The van der Waals surface area contributed by atoms with E-state index in [-0.39, 0.29) is 23.6 Å². The second kappa shape index (κ2) is 6.31. The highest BCUT2D eigenvalue weighted by Gasteiger charge is 2.12. The monoisotopic (exact) mass is 351 g/mol. The lowest BCUT2D eigenvalue weighted by Crippen LogP contribution is -2.08. The van der Waals surface area contributed by atoms with E-state index in [4.69, 9.17) is 5.11 Å². The van der Waals surface area contributed by atoms with Gasteiger partial charge in [-0.05, 0) is 27.6 Å². The fourth-order valence-electron chi connectivity index (χ4n) is 1.71. The summed E-state index contributed by atoms with van der Waals surface area (Å²) in [6.07, 6.45) is 1.47. The number of anilines is 1. The summed E-state index contributed by atoms with van der Waals surface area (Å²) in [7, 11) is 0. The van der Waals surface area contributed by atoms with E-state index < -0.39 is 10.9 Å². The summed E-state index contributed by atoms with van der Waals surface area (Å²) in [6, 6.07) is 7.53. The molecule has 1 heterocycles. The van der Waals surface area contributed by atoms with Gasteiger partial charge in [0.15, 0.2) is 0 Å². The first kappa shape index (κ1) is 14.9. The van der Waals surface area contributed by atoms with Crippen LogP contribution in [0.25, 0.3) is 0 Å². The third-order valence-electron chi connectivity index (χ3n) is 2.67. The van der Waals surface area contributed by atoms with Crippen molar-refractivity contribution < 1.29 is 14.8 Å². The Balaban J connectivity index is 2.18. The van der Waals surface area contributed by atoms with Gasteiger partial charge in [0.1, 0.15) is 11.4 Å². The summed E-state index contributed by atoms with van der Waals surface area (Å²) < 4.78 is 0.556. The van der Waals surface area contributed by atoms with Gasteiger partial charge < -0.3 is 10.4 Å². The highest BCUT2D eigenvalue weighted by atomic mass is 79.9. The van der Waals surface area contributed by atoms with Gasteiger partial charge in [-0.15, -0.1) is 0 Å². The number of nitro benzene ring substituents is 1. The van der Waals surface area contributed by atoms with E-state index in [2.05, 4.69) is 26.2 Å². The third-order valence-corrected chi connectivity index (χ3v) is 3.10. The van der Waals surface area contributed by atoms with Crippen LogP contribution in [0.15, 0.2) is 41.0 Å². The molecule has 0 radical (unpaired) electrons. The number of aromatic carboxylic acids is 1. The Morgan fingerprint density at radius 3 is 2.86 bits per heavy atom. The van der Waals surface area contributed by atoms with Gasteiger partial charge in [0.05, 0.1) is 4.92 Å². The van der Waals surface area contributed by atoms with E-state index in [0.29, 0.717) is 10.0 Å². The van der Waals surface area contributed by atoms with Gasteiger partial charge in [0.2, 0.25) is 0 Å². The quantitative estimate of drug-likeness (QED) is 0.633. The Bertz CT molecular complexity index is 706. The van der Waals surface area contributed by atoms with Gasteiger partial charge >= 0.3 is 5.97 Å². The zero-order chi connectivity index (χ0) is 15.4. The van der Waals surface area contributed by atoms with Crippen LogP contribution in [0.3, 0.4) is 0 Å². The van der Waals surface area contributed by atoms with Crippen molar-refractivity contribution in [2.45, 2.75) is 6.54 Å². The number of nitro groups is 1. The Labute approximate surface area is 127 Å². The van der Waals surface area contributed by atoms with Crippen LogP contribution in [0.1, 0.15) is 15.9 Å². The number of hydrogen-bond donors (Lipinski definition) is 2. The molecule has 0 saturated carbocycles. The van der Waals surface area contributed by atoms with Crippen LogP contribution in [0.5, 0.6) is 0 Å². The molecule has 2 rings (SSSR count). The molecular formula is C13H10BrN3O4. The van der Waals surface area contributed by atoms with Crippen molar-refractivity contribution in [3.63, 3.8) is 0 Å². The lowest BCUT2D eigenvalue weighted by atomic mass is 10.2. The number of aromatic nitrogens is 1. The second-order valence-corrected chi connectivity index (χ2v) is 5.05. The predicted octanol–water partition coefficient (Wildman–Crippen LogP) is 3.06. The average Bonchev–Trinajstić information content (AvgIpc) is 2.46. The molecule has 8 heteroatoms. The summed E-state index contributed by atoms with van der Waals surface area (Å²) in [5.41, 5.74) is 0.664. The van der Waals surface area contributed by atoms with Crippen molar-refractivity contribution in [1.82, 2.24) is 4.98 Å². The number of benzene rings is 1. The van der Waals surface area contributed by atoms with Crippen LogP contribution in [0, 0.1) is 10.1 Å². The summed E-state index contributed by atoms with van der Waals surface area (Å²) >= 11 is 3.16. The van der Waals surface area contributed by atoms with E-state index in [1.54, 1.807) is 12.1 Å². The van der Waals surface area contributed by atoms with Crippen LogP contribution in [0.4, 0.5) is 11.5 Å². The predicted molar refractivity (Wildman–Crippen MR) is 79.3 cm³/mol. The third kappa shape index (κ3) is 3.76. The molecule has 7 nitrogen and oxygen atoms in total. The Kier molecular flexibility index (Phi) is 4.49. The van der Waals surface area contributed by atoms with Crippen molar-refractivity contribution >= 4 is 33.4 Å². The van der Waals surface area contributed by atoms with Crippen LogP contribution in [0.2, 0.25) is 0 Å². The lowest BCUT2D eigenvalue weighted by Gasteiger charge is -2.09. The number of rotatable bonds is 5. The molecule has 0 unspecified atom stereocenters. The minimum absolute atomic E-state index is 0.0171. The van der Waals surface area contributed by atoms with Gasteiger partial charge in [-0.25, -0.2) is 9.78 Å². The Morgan fingerprint density at radius 2 is 2.19 bits per heavy atom. The summed E-state index contributed by atoms with van der Waals surface area (Å²) in [4.78, 5) is 25.4. The molecule has 0 aliphatic carbocycles. The van der Waals surface area contributed by atoms with Gasteiger partial charge in [-0.3, -0.25) is 10.1 Å².